The third kappa shape index (κ3) is 3.51. The number of carbonyl (C=O) groups is 2. The maximum Gasteiger partial charge on any atom is 0.414 e. The van der Waals surface area contributed by atoms with Crippen molar-refractivity contribution in [1.82, 2.24) is 4.90 Å². The SMILES string of the molecule is O=C(OCc1ccccc1)N(Cc1ccccc1)C1=C[C@]2(C(=O)O)CC[C@H]1O2. The van der Waals surface area contributed by atoms with E-state index < -0.39 is 23.8 Å². The molecule has 0 aromatic heterocycles. The zero-order valence-corrected chi connectivity index (χ0v) is 15.3. The lowest BCUT2D eigenvalue weighted by Crippen LogP contribution is -2.36. The average Bonchev–Trinajstić information content (AvgIpc) is 3.32. The second kappa shape index (κ2) is 7.48. The highest BCUT2D eigenvalue weighted by atomic mass is 16.6. The summed E-state index contributed by atoms with van der Waals surface area (Å²) in [4.78, 5) is 26.1. The van der Waals surface area contributed by atoms with Crippen molar-refractivity contribution in [2.75, 3.05) is 0 Å². The third-order valence-corrected chi connectivity index (χ3v) is 5.12. The number of amides is 1. The number of ether oxygens (including phenoxy) is 2. The summed E-state index contributed by atoms with van der Waals surface area (Å²) in [7, 11) is 0. The number of fused-ring (bicyclic) bond motifs is 2. The van der Waals surface area contributed by atoms with Crippen LogP contribution < -0.4 is 0 Å². The molecule has 0 radical (unpaired) electrons. The van der Waals surface area contributed by atoms with Gasteiger partial charge in [0.15, 0.2) is 5.60 Å². The van der Waals surface area contributed by atoms with E-state index in [0.717, 1.165) is 11.1 Å². The van der Waals surface area contributed by atoms with Crippen LogP contribution in [0, 0.1) is 0 Å². The molecule has 1 N–H and O–H groups in total. The highest BCUT2D eigenvalue weighted by Crippen LogP contribution is 2.44. The van der Waals surface area contributed by atoms with E-state index in [0.29, 0.717) is 18.5 Å². The van der Waals surface area contributed by atoms with Crippen LogP contribution in [0.1, 0.15) is 24.0 Å². The molecule has 2 aliphatic heterocycles. The van der Waals surface area contributed by atoms with Gasteiger partial charge in [-0.2, -0.15) is 0 Å². The first-order valence-electron chi connectivity index (χ1n) is 9.23. The maximum absolute atomic E-state index is 12.9. The molecule has 2 atom stereocenters. The molecule has 2 bridgehead atoms. The fraction of sp³-hybridized carbons (Fsp3) is 0.273. The van der Waals surface area contributed by atoms with Crippen molar-refractivity contribution >= 4 is 12.1 Å². The lowest BCUT2D eigenvalue weighted by Gasteiger charge is -2.27. The molecule has 6 nitrogen and oxygen atoms in total. The molecule has 1 saturated heterocycles. The number of nitrogens with zero attached hydrogens (tertiary/aromatic N) is 1. The molecule has 0 spiro atoms. The van der Waals surface area contributed by atoms with Crippen molar-refractivity contribution in [3.63, 3.8) is 0 Å². The molecular weight excluding hydrogens is 358 g/mol. The molecule has 0 unspecified atom stereocenters. The predicted molar refractivity (Wildman–Crippen MR) is 101 cm³/mol. The second-order valence-corrected chi connectivity index (χ2v) is 7.02. The first-order valence-corrected chi connectivity index (χ1v) is 9.23. The van der Waals surface area contributed by atoms with E-state index in [4.69, 9.17) is 9.47 Å². The largest absolute Gasteiger partial charge is 0.479 e. The van der Waals surface area contributed by atoms with Crippen LogP contribution in [0.2, 0.25) is 0 Å². The summed E-state index contributed by atoms with van der Waals surface area (Å²) in [5.41, 5.74) is 1.03. The Morgan fingerprint density at radius 1 is 1.07 bits per heavy atom. The first-order chi connectivity index (χ1) is 13.6. The van der Waals surface area contributed by atoms with Crippen molar-refractivity contribution in [2.45, 2.75) is 37.7 Å². The average molecular weight is 379 g/mol. The van der Waals surface area contributed by atoms with Gasteiger partial charge in [0.2, 0.25) is 0 Å². The van der Waals surface area contributed by atoms with Crippen LogP contribution in [-0.4, -0.2) is 33.8 Å². The summed E-state index contributed by atoms with van der Waals surface area (Å²) in [6.45, 7) is 0.434. The Morgan fingerprint density at radius 3 is 2.32 bits per heavy atom. The van der Waals surface area contributed by atoms with Gasteiger partial charge in [-0.15, -0.1) is 0 Å². The van der Waals surface area contributed by atoms with Gasteiger partial charge in [-0.05, 0) is 30.0 Å². The third-order valence-electron chi connectivity index (χ3n) is 5.12. The number of rotatable bonds is 6. The lowest BCUT2D eigenvalue weighted by atomic mass is 9.92. The topological polar surface area (TPSA) is 76.1 Å². The molecule has 2 aliphatic rings. The number of carboxylic acids is 1. The Bertz CT molecular complexity index is 896. The van der Waals surface area contributed by atoms with Gasteiger partial charge in [-0.1, -0.05) is 60.7 Å². The number of hydrogen-bond donors (Lipinski definition) is 1. The fourth-order valence-electron chi connectivity index (χ4n) is 3.66. The molecule has 0 saturated carbocycles. The van der Waals surface area contributed by atoms with Crippen molar-refractivity contribution in [1.29, 1.82) is 0 Å². The molecule has 1 amide bonds. The van der Waals surface area contributed by atoms with E-state index in [-0.39, 0.29) is 13.2 Å². The minimum atomic E-state index is -1.34. The molecule has 144 valence electrons. The van der Waals surface area contributed by atoms with Gasteiger partial charge in [0, 0.05) is 0 Å². The monoisotopic (exact) mass is 379 g/mol. The molecule has 2 aromatic carbocycles. The predicted octanol–water partition coefficient (Wildman–Crippen LogP) is 3.73. The second-order valence-electron chi connectivity index (χ2n) is 7.02. The molecule has 6 heteroatoms. The molecule has 4 rings (SSSR count). The van der Waals surface area contributed by atoms with E-state index in [1.807, 2.05) is 60.7 Å². The molecule has 1 fully saturated rings. The summed E-state index contributed by atoms with van der Waals surface area (Å²) >= 11 is 0. The van der Waals surface area contributed by atoms with Gasteiger partial charge >= 0.3 is 12.1 Å². The zero-order valence-electron chi connectivity index (χ0n) is 15.3. The number of aliphatic carboxylic acids is 1. The van der Waals surface area contributed by atoms with Crippen molar-refractivity contribution in [2.24, 2.45) is 0 Å². The summed E-state index contributed by atoms with van der Waals surface area (Å²) in [6.07, 6.45) is 1.61. The summed E-state index contributed by atoms with van der Waals surface area (Å²) < 4.78 is 11.2. The minimum Gasteiger partial charge on any atom is -0.479 e. The number of hydrogen-bond acceptors (Lipinski definition) is 4. The Balaban J connectivity index is 1.57. The quantitative estimate of drug-likeness (QED) is 0.828. The number of carboxylic acid groups (broad SMARTS) is 1. The van der Waals surface area contributed by atoms with Crippen LogP contribution in [0.15, 0.2) is 72.4 Å². The molecule has 0 aliphatic carbocycles. The van der Waals surface area contributed by atoms with Gasteiger partial charge in [-0.3, -0.25) is 4.90 Å². The van der Waals surface area contributed by atoms with Crippen molar-refractivity contribution < 1.29 is 24.2 Å². The minimum absolute atomic E-state index is 0.147. The number of carbonyl (C=O) groups excluding carboxylic acids is 1. The van der Waals surface area contributed by atoms with Crippen molar-refractivity contribution in [3.05, 3.63) is 83.6 Å². The highest BCUT2D eigenvalue weighted by Gasteiger charge is 2.53. The van der Waals surface area contributed by atoms with Crippen LogP contribution in [0.4, 0.5) is 4.79 Å². The van der Waals surface area contributed by atoms with E-state index in [1.54, 1.807) is 6.08 Å². The van der Waals surface area contributed by atoms with Gasteiger partial charge in [0.25, 0.3) is 0 Å². The summed E-state index contributed by atoms with van der Waals surface area (Å²) in [5.74, 6) is -1.03. The van der Waals surface area contributed by atoms with E-state index in [9.17, 15) is 14.7 Å². The van der Waals surface area contributed by atoms with Crippen LogP contribution >= 0.6 is 0 Å². The van der Waals surface area contributed by atoms with Crippen LogP contribution in [0.25, 0.3) is 0 Å². The first kappa shape index (κ1) is 18.3. The maximum atomic E-state index is 12.9. The van der Waals surface area contributed by atoms with E-state index in [1.165, 1.54) is 4.90 Å². The van der Waals surface area contributed by atoms with Crippen molar-refractivity contribution in [3.8, 4) is 0 Å². The Kier molecular flexibility index (Phi) is 4.88. The zero-order chi connectivity index (χ0) is 19.6. The van der Waals surface area contributed by atoms with Gasteiger partial charge in [-0.25, -0.2) is 9.59 Å². The Labute approximate surface area is 163 Å². The fourth-order valence-corrected chi connectivity index (χ4v) is 3.66. The summed E-state index contributed by atoms with van der Waals surface area (Å²) in [6, 6.07) is 19.0. The van der Waals surface area contributed by atoms with Gasteiger partial charge in [0.05, 0.1) is 18.3 Å². The number of benzene rings is 2. The van der Waals surface area contributed by atoms with Crippen LogP contribution in [0.3, 0.4) is 0 Å². The van der Waals surface area contributed by atoms with Crippen LogP contribution in [-0.2, 0) is 27.4 Å². The smallest absolute Gasteiger partial charge is 0.414 e. The van der Waals surface area contributed by atoms with Gasteiger partial charge in [0.1, 0.15) is 6.61 Å². The van der Waals surface area contributed by atoms with E-state index in [2.05, 4.69) is 0 Å². The molecular formula is C22H21NO5. The molecule has 2 aromatic rings. The van der Waals surface area contributed by atoms with Crippen LogP contribution in [0.5, 0.6) is 0 Å². The molecule has 28 heavy (non-hydrogen) atoms. The van der Waals surface area contributed by atoms with Gasteiger partial charge < -0.3 is 14.6 Å². The highest BCUT2D eigenvalue weighted by molar-refractivity contribution is 5.82. The van der Waals surface area contributed by atoms with E-state index >= 15 is 0 Å². The Morgan fingerprint density at radius 2 is 1.71 bits per heavy atom. The normalized spacial score (nSPS) is 22.6. The molecule has 2 heterocycles. The summed E-state index contributed by atoms with van der Waals surface area (Å²) in [5, 5.41) is 9.57. The Hall–Kier alpha value is -3.12. The lowest BCUT2D eigenvalue weighted by molar-refractivity contribution is -0.154. The standard InChI is InChI=1S/C22H21NO5/c24-20(25)22-12-11-19(28-22)18(13-22)23(14-16-7-3-1-4-8-16)21(26)27-15-17-9-5-2-6-10-17/h1-10,13,19H,11-12,14-15H2,(H,24,25)/t19-,22+/m1/s1.